The molecule has 1 fully saturated rings. The van der Waals surface area contributed by atoms with E-state index in [9.17, 15) is 4.79 Å². The molecule has 1 unspecified atom stereocenters. The summed E-state index contributed by atoms with van der Waals surface area (Å²) >= 11 is 0. The standard InChI is InChI=1S/C13H20N2O3/c1-2-15-6-5-10(8-15)7-12-14-11(9-18-12)3-4-13(16)17/h9-10H,2-8H2,1H3,(H,16,17). The SMILES string of the molecule is CCN1CCC(Cc2nc(CCC(=O)O)co2)C1. The summed E-state index contributed by atoms with van der Waals surface area (Å²) in [5, 5.41) is 8.60. The van der Waals surface area contributed by atoms with Crippen LogP contribution in [-0.2, 0) is 17.6 Å². The molecule has 18 heavy (non-hydrogen) atoms. The van der Waals surface area contributed by atoms with Gasteiger partial charge in [-0.1, -0.05) is 6.92 Å². The Morgan fingerprint density at radius 1 is 1.67 bits per heavy atom. The van der Waals surface area contributed by atoms with E-state index in [2.05, 4.69) is 16.8 Å². The van der Waals surface area contributed by atoms with Crippen LogP contribution in [0.3, 0.4) is 0 Å². The van der Waals surface area contributed by atoms with Crippen LogP contribution < -0.4 is 0 Å². The largest absolute Gasteiger partial charge is 0.481 e. The molecule has 5 heteroatoms. The molecule has 0 amide bonds. The maximum atomic E-state index is 10.5. The van der Waals surface area contributed by atoms with E-state index in [-0.39, 0.29) is 6.42 Å². The predicted molar refractivity (Wildman–Crippen MR) is 66.4 cm³/mol. The zero-order chi connectivity index (χ0) is 13.0. The van der Waals surface area contributed by atoms with Gasteiger partial charge in [-0.2, -0.15) is 0 Å². The van der Waals surface area contributed by atoms with E-state index in [4.69, 9.17) is 9.52 Å². The van der Waals surface area contributed by atoms with Gasteiger partial charge in [-0.3, -0.25) is 4.79 Å². The van der Waals surface area contributed by atoms with Gasteiger partial charge in [0.25, 0.3) is 0 Å². The number of oxazole rings is 1. The molecular formula is C13H20N2O3. The molecule has 0 spiro atoms. The van der Waals surface area contributed by atoms with Crippen molar-refractivity contribution in [2.24, 2.45) is 5.92 Å². The molecule has 1 aliphatic rings. The van der Waals surface area contributed by atoms with Crippen LogP contribution in [0.5, 0.6) is 0 Å². The molecule has 2 rings (SSSR count). The van der Waals surface area contributed by atoms with E-state index in [0.29, 0.717) is 12.3 Å². The number of hydrogen-bond donors (Lipinski definition) is 1. The summed E-state index contributed by atoms with van der Waals surface area (Å²) < 4.78 is 5.41. The fourth-order valence-corrected chi connectivity index (χ4v) is 2.41. The first-order chi connectivity index (χ1) is 8.67. The van der Waals surface area contributed by atoms with E-state index in [1.165, 1.54) is 6.42 Å². The lowest BCUT2D eigenvalue weighted by molar-refractivity contribution is -0.136. The van der Waals surface area contributed by atoms with Crippen LogP contribution in [0.4, 0.5) is 0 Å². The Bertz CT molecular complexity index is 403. The second-order valence-electron chi connectivity index (χ2n) is 4.88. The van der Waals surface area contributed by atoms with Crippen molar-refractivity contribution in [1.82, 2.24) is 9.88 Å². The molecule has 1 aromatic rings. The molecular weight excluding hydrogens is 232 g/mol. The molecule has 100 valence electrons. The number of aryl methyl sites for hydroxylation is 1. The van der Waals surface area contributed by atoms with E-state index in [1.807, 2.05) is 0 Å². The lowest BCUT2D eigenvalue weighted by Gasteiger charge is -2.11. The van der Waals surface area contributed by atoms with Gasteiger partial charge in [0.15, 0.2) is 5.89 Å². The number of rotatable bonds is 6. The van der Waals surface area contributed by atoms with E-state index < -0.39 is 5.97 Å². The van der Waals surface area contributed by atoms with Crippen molar-refractivity contribution in [2.45, 2.75) is 32.6 Å². The van der Waals surface area contributed by atoms with Crippen LogP contribution in [0, 0.1) is 5.92 Å². The molecule has 1 N–H and O–H groups in total. The minimum atomic E-state index is -0.797. The highest BCUT2D eigenvalue weighted by atomic mass is 16.4. The third-order valence-corrected chi connectivity index (χ3v) is 3.47. The number of carboxylic acid groups (broad SMARTS) is 1. The minimum Gasteiger partial charge on any atom is -0.481 e. The van der Waals surface area contributed by atoms with Gasteiger partial charge < -0.3 is 14.4 Å². The number of hydrogen-bond acceptors (Lipinski definition) is 4. The van der Waals surface area contributed by atoms with Crippen molar-refractivity contribution in [1.29, 1.82) is 0 Å². The summed E-state index contributed by atoms with van der Waals surface area (Å²) in [4.78, 5) is 17.2. The molecule has 0 saturated carbocycles. The second-order valence-corrected chi connectivity index (χ2v) is 4.88. The number of aromatic nitrogens is 1. The van der Waals surface area contributed by atoms with Gasteiger partial charge in [0.05, 0.1) is 12.1 Å². The first-order valence-corrected chi connectivity index (χ1v) is 6.54. The zero-order valence-electron chi connectivity index (χ0n) is 10.8. The Labute approximate surface area is 107 Å². The minimum absolute atomic E-state index is 0.110. The first-order valence-electron chi connectivity index (χ1n) is 6.54. The Balaban J connectivity index is 1.81. The quantitative estimate of drug-likeness (QED) is 0.832. The van der Waals surface area contributed by atoms with Gasteiger partial charge in [0, 0.05) is 19.4 Å². The van der Waals surface area contributed by atoms with E-state index >= 15 is 0 Å². The molecule has 1 saturated heterocycles. The highest BCUT2D eigenvalue weighted by molar-refractivity contribution is 5.66. The Morgan fingerprint density at radius 2 is 2.50 bits per heavy atom. The zero-order valence-corrected chi connectivity index (χ0v) is 10.8. The van der Waals surface area contributed by atoms with Gasteiger partial charge in [-0.15, -0.1) is 0 Å². The van der Waals surface area contributed by atoms with E-state index in [0.717, 1.165) is 37.6 Å². The lowest BCUT2D eigenvalue weighted by atomic mass is 10.1. The number of nitrogens with zero attached hydrogens (tertiary/aromatic N) is 2. The van der Waals surface area contributed by atoms with Crippen molar-refractivity contribution in [2.75, 3.05) is 19.6 Å². The summed E-state index contributed by atoms with van der Waals surface area (Å²) in [6.45, 7) is 5.56. The van der Waals surface area contributed by atoms with Crippen LogP contribution in [0.1, 0.15) is 31.4 Å². The monoisotopic (exact) mass is 252 g/mol. The molecule has 0 aliphatic carbocycles. The third-order valence-electron chi connectivity index (χ3n) is 3.47. The second kappa shape index (κ2) is 6.00. The van der Waals surface area contributed by atoms with E-state index in [1.54, 1.807) is 6.26 Å². The highest BCUT2D eigenvalue weighted by Gasteiger charge is 2.23. The Hall–Kier alpha value is -1.36. The van der Waals surface area contributed by atoms with Crippen molar-refractivity contribution in [3.63, 3.8) is 0 Å². The molecule has 2 heterocycles. The molecule has 0 aromatic carbocycles. The smallest absolute Gasteiger partial charge is 0.303 e. The average Bonchev–Trinajstić information content (AvgIpc) is 2.96. The molecule has 1 aromatic heterocycles. The van der Waals surface area contributed by atoms with Crippen LogP contribution in [0.2, 0.25) is 0 Å². The fourth-order valence-electron chi connectivity index (χ4n) is 2.41. The first kappa shape index (κ1) is 13.1. The lowest BCUT2D eigenvalue weighted by Crippen LogP contribution is -2.20. The molecule has 1 aliphatic heterocycles. The van der Waals surface area contributed by atoms with Gasteiger partial charge in [0.2, 0.25) is 0 Å². The summed E-state index contributed by atoms with van der Waals surface area (Å²) in [5.74, 6) is 0.572. The number of carbonyl (C=O) groups is 1. The van der Waals surface area contributed by atoms with Crippen LogP contribution in [0.25, 0.3) is 0 Å². The van der Waals surface area contributed by atoms with Crippen molar-refractivity contribution in [3.8, 4) is 0 Å². The molecule has 0 radical (unpaired) electrons. The van der Waals surface area contributed by atoms with Gasteiger partial charge in [-0.05, 0) is 25.4 Å². The third kappa shape index (κ3) is 3.57. The maximum absolute atomic E-state index is 10.5. The number of likely N-dealkylation sites (tertiary alicyclic amines) is 1. The Kier molecular flexibility index (Phi) is 4.36. The van der Waals surface area contributed by atoms with Crippen LogP contribution in [-0.4, -0.2) is 40.6 Å². The maximum Gasteiger partial charge on any atom is 0.303 e. The molecule has 0 bridgehead atoms. The van der Waals surface area contributed by atoms with Gasteiger partial charge in [-0.25, -0.2) is 4.98 Å². The van der Waals surface area contributed by atoms with Crippen molar-refractivity contribution < 1.29 is 14.3 Å². The van der Waals surface area contributed by atoms with Crippen molar-refractivity contribution in [3.05, 3.63) is 17.8 Å². The van der Waals surface area contributed by atoms with Crippen molar-refractivity contribution >= 4 is 5.97 Å². The summed E-state index contributed by atoms with van der Waals surface area (Å²) in [6, 6.07) is 0. The summed E-state index contributed by atoms with van der Waals surface area (Å²) in [6.07, 6.45) is 4.21. The van der Waals surface area contributed by atoms with Gasteiger partial charge >= 0.3 is 5.97 Å². The predicted octanol–water partition coefficient (Wildman–Crippen LogP) is 1.58. The molecule has 1 atom stereocenters. The number of aliphatic carboxylic acids is 1. The topological polar surface area (TPSA) is 66.6 Å². The highest BCUT2D eigenvalue weighted by Crippen LogP contribution is 2.20. The number of carboxylic acids is 1. The average molecular weight is 252 g/mol. The fraction of sp³-hybridized carbons (Fsp3) is 0.692. The molecule has 5 nitrogen and oxygen atoms in total. The summed E-state index contributed by atoms with van der Waals surface area (Å²) in [7, 11) is 0. The Morgan fingerprint density at radius 3 is 3.17 bits per heavy atom. The van der Waals surface area contributed by atoms with Crippen LogP contribution >= 0.6 is 0 Å². The van der Waals surface area contributed by atoms with Crippen LogP contribution in [0.15, 0.2) is 10.7 Å². The normalized spacial score (nSPS) is 20.4. The van der Waals surface area contributed by atoms with Gasteiger partial charge in [0.1, 0.15) is 6.26 Å². The summed E-state index contributed by atoms with van der Waals surface area (Å²) in [5.41, 5.74) is 0.748.